The third-order valence-electron chi connectivity index (χ3n) is 1.66. The fourth-order valence-electron chi connectivity index (χ4n) is 1.01. The van der Waals surface area contributed by atoms with Crippen LogP contribution in [0.4, 0.5) is 8.78 Å². The second-order valence-corrected chi connectivity index (χ2v) is 7.69. The van der Waals surface area contributed by atoms with Crippen molar-refractivity contribution >= 4 is 10.0 Å². The van der Waals surface area contributed by atoms with Crippen molar-refractivity contribution in [1.29, 1.82) is 0 Å². The van der Waals surface area contributed by atoms with Crippen LogP contribution in [0, 0.1) is 11.6 Å². The minimum atomic E-state index is -1.23. The Labute approximate surface area is 77.7 Å². The van der Waals surface area contributed by atoms with Gasteiger partial charge in [-0.15, -0.1) is 0 Å². The molecule has 0 aliphatic heterocycles. The van der Waals surface area contributed by atoms with E-state index in [1.807, 2.05) is 18.8 Å². The Morgan fingerprint density at radius 2 is 1.54 bits per heavy atom. The average molecular weight is 206 g/mol. The molecule has 0 heterocycles. The van der Waals surface area contributed by atoms with Crippen molar-refractivity contribution in [2.45, 2.75) is 4.90 Å². The van der Waals surface area contributed by atoms with E-state index in [0.29, 0.717) is 4.90 Å². The molecule has 1 aromatic carbocycles. The van der Waals surface area contributed by atoms with Crippen LogP contribution in [0.15, 0.2) is 17.0 Å². The van der Waals surface area contributed by atoms with Crippen LogP contribution in [0.25, 0.3) is 0 Å². The molecule has 13 heavy (non-hydrogen) atoms. The Balaban J connectivity index is 3.32. The molecule has 4 heteroatoms. The van der Waals surface area contributed by atoms with Crippen LogP contribution in [0.1, 0.15) is 0 Å². The molecule has 0 amide bonds. The van der Waals surface area contributed by atoms with Gasteiger partial charge < -0.3 is 5.11 Å². The standard InChI is InChI=1S/C9H12F2OS/c1-13(2,3)9-5-7(11)6(10)4-8(9)12/h4-5,12H,1-3H3. The molecule has 0 fully saturated rings. The highest BCUT2D eigenvalue weighted by Gasteiger charge is 2.16. The monoisotopic (exact) mass is 206 g/mol. The summed E-state index contributed by atoms with van der Waals surface area (Å²) in [7, 11) is -1.23. The molecule has 74 valence electrons. The van der Waals surface area contributed by atoms with Gasteiger partial charge in [0.1, 0.15) is 5.75 Å². The van der Waals surface area contributed by atoms with E-state index in [9.17, 15) is 13.9 Å². The van der Waals surface area contributed by atoms with E-state index in [1.165, 1.54) is 0 Å². The van der Waals surface area contributed by atoms with Crippen LogP contribution >= 0.6 is 10.0 Å². The second-order valence-electron chi connectivity index (χ2n) is 3.57. The number of rotatable bonds is 1. The molecule has 0 saturated heterocycles. The highest BCUT2D eigenvalue weighted by Crippen LogP contribution is 2.49. The molecular formula is C9H12F2OS. The molecule has 0 radical (unpaired) electrons. The Morgan fingerprint density at radius 3 is 2.00 bits per heavy atom. The van der Waals surface area contributed by atoms with E-state index in [1.54, 1.807) is 0 Å². The van der Waals surface area contributed by atoms with Crippen LogP contribution in [-0.4, -0.2) is 23.9 Å². The van der Waals surface area contributed by atoms with Gasteiger partial charge in [-0.3, -0.25) is 0 Å². The lowest BCUT2D eigenvalue weighted by molar-refractivity contribution is 0.441. The topological polar surface area (TPSA) is 20.2 Å². The maximum atomic E-state index is 12.8. The van der Waals surface area contributed by atoms with Crippen molar-refractivity contribution in [1.82, 2.24) is 0 Å². The van der Waals surface area contributed by atoms with E-state index >= 15 is 0 Å². The van der Waals surface area contributed by atoms with Gasteiger partial charge in [-0.05, 0) is 24.8 Å². The Morgan fingerprint density at radius 1 is 1.08 bits per heavy atom. The Bertz CT molecular complexity index is 331. The third-order valence-corrected chi connectivity index (χ3v) is 3.31. The molecular weight excluding hydrogens is 194 g/mol. The van der Waals surface area contributed by atoms with E-state index in [0.717, 1.165) is 12.1 Å². The first kappa shape index (κ1) is 10.3. The summed E-state index contributed by atoms with van der Waals surface area (Å²) in [6, 6.07) is 1.89. The van der Waals surface area contributed by atoms with Crippen LogP contribution in [0.5, 0.6) is 5.75 Å². The first-order chi connectivity index (χ1) is 5.82. The number of phenolic OH excluding ortho intramolecular Hbond substituents is 1. The molecule has 1 aromatic rings. The smallest absolute Gasteiger partial charge is 0.162 e. The lowest BCUT2D eigenvalue weighted by Crippen LogP contribution is -1.96. The van der Waals surface area contributed by atoms with Crippen molar-refractivity contribution in [3.05, 3.63) is 23.8 Å². The summed E-state index contributed by atoms with van der Waals surface area (Å²) in [6.45, 7) is 0. The normalized spacial score (nSPS) is 13.0. The van der Waals surface area contributed by atoms with Crippen LogP contribution in [0.3, 0.4) is 0 Å². The highest BCUT2D eigenvalue weighted by atomic mass is 32.3. The van der Waals surface area contributed by atoms with Gasteiger partial charge in [-0.2, -0.15) is 0 Å². The van der Waals surface area contributed by atoms with Gasteiger partial charge in [0.25, 0.3) is 0 Å². The van der Waals surface area contributed by atoms with Crippen LogP contribution < -0.4 is 0 Å². The Kier molecular flexibility index (Phi) is 2.52. The molecule has 0 atom stereocenters. The molecule has 0 saturated carbocycles. The van der Waals surface area contributed by atoms with Crippen LogP contribution in [-0.2, 0) is 0 Å². The second kappa shape index (κ2) is 3.18. The lowest BCUT2D eigenvalue weighted by atomic mass is 10.3. The highest BCUT2D eigenvalue weighted by molar-refractivity contribution is 8.32. The minimum Gasteiger partial charge on any atom is -0.507 e. The summed E-state index contributed by atoms with van der Waals surface area (Å²) in [5.74, 6) is -2.08. The number of halogens is 2. The van der Waals surface area contributed by atoms with Crippen molar-refractivity contribution in [2.24, 2.45) is 0 Å². The molecule has 1 nitrogen and oxygen atoms in total. The summed E-state index contributed by atoms with van der Waals surface area (Å²) in [6.07, 6.45) is 5.71. The van der Waals surface area contributed by atoms with Gasteiger partial charge in [0.2, 0.25) is 0 Å². The quantitative estimate of drug-likeness (QED) is 0.749. The SMILES string of the molecule is CS(C)(C)c1cc(F)c(F)cc1O. The molecule has 1 rings (SSSR count). The largest absolute Gasteiger partial charge is 0.507 e. The summed E-state index contributed by atoms with van der Waals surface area (Å²) in [4.78, 5) is 0.492. The zero-order chi connectivity index (χ0) is 10.2. The van der Waals surface area contributed by atoms with E-state index < -0.39 is 21.7 Å². The summed E-state index contributed by atoms with van der Waals surface area (Å²) >= 11 is 0. The first-order valence-electron chi connectivity index (χ1n) is 3.69. The molecule has 0 spiro atoms. The van der Waals surface area contributed by atoms with Gasteiger partial charge in [0, 0.05) is 11.0 Å². The maximum absolute atomic E-state index is 12.8. The zero-order valence-electron chi connectivity index (χ0n) is 7.77. The number of aromatic hydroxyl groups is 1. The molecule has 0 aliphatic carbocycles. The van der Waals surface area contributed by atoms with Crippen LogP contribution in [0.2, 0.25) is 0 Å². The third kappa shape index (κ3) is 2.12. The maximum Gasteiger partial charge on any atom is 0.162 e. The van der Waals surface area contributed by atoms with Gasteiger partial charge in [-0.25, -0.2) is 18.8 Å². The fraction of sp³-hybridized carbons (Fsp3) is 0.333. The van der Waals surface area contributed by atoms with E-state index in [2.05, 4.69) is 0 Å². The fourth-order valence-corrected chi connectivity index (χ4v) is 2.15. The lowest BCUT2D eigenvalue weighted by Gasteiger charge is -2.26. The Hall–Kier alpha value is -0.770. The van der Waals surface area contributed by atoms with Gasteiger partial charge in [-0.1, -0.05) is 0 Å². The van der Waals surface area contributed by atoms with Crippen molar-refractivity contribution in [3.8, 4) is 5.75 Å². The summed E-state index contributed by atoms with van der Waals surface area (Å²) in [5.41, 5.74) is 0. The van der Waals surface area contributed by atoms with Gasteiger partial charge >= 0.3 is 0 Å². The summed E-state index contributed by atoms with van der Waals surface area (Å²) < 4.78 is 25.4. The number of benzene rings is 1. The van der Waals surface area contributed by atoms with Gasteiger partial charge in [0.05, 0.1) is 0 Å². The number of hydrogen-bond acceptors (Lipinski definition) is 1. The predicted molar refractivity (Wildman–Crippen MR) is 51.7 cm³/mol. The number of phenols is 1. The molecule has 0 aromatic heterocycles. The van der Waals surface area contributed by atoms with E-state index in [-0.39, 0.29) is 5.75 Å². The number of hydrogen-bond donors (Lipinski definition) is 1. The molecule has 0 aliphatic rings. The van der Waals surface area contributed by atoms with Gasteiger partial charge in [0.15, 0.2) is 11.6 Å². The molecule has 0 unspecified atom stereocenters. The van der Waals surface area contributed by atoms with Crippen molar-refractivity contribution in [2.75, 3.05) is 18.8 Å². The van der Waals surface area contributed by atoms with Crippen molar-refractivity contribution in [3.63, 3.8) is 0 Å². The summed E-state index contributed by atoms with van der Waals surface area (Å²) in [5, 5.41) is 9.37. The predicted octanol–water partition coefficient (Wildman–Crippen LogP) is 2.72. The average Bonchev–Trinajstić information content (AvgIpc) is 1.94. The van der Waals surface area contributed by atoms with Crippen molar-refractivity contribution < 1.29 is 13.9 Å². The molecule has 0 bridgehead atoms. The molecule has 1 N–H and O–H groups in total. The first-order valence-corrected chi connectivity index (χ1v) is 6.54. The zero-order valence-corrected chi connectivity index (χ0v) is 8.58. The minimum absolute atomic E-state index is 0.165. The van der Waals surface area contributed by atoms with E-state index in [4.69, 9.17) is 0 Å².